The van der Waals surface area contributed by atoms with Crippen molar-refractivity contribution in [2.24, 2.45) is 11.8 Å². The molecule has 0 saturated heterocycles. The number of hydrogen-bond donors (Lipinski definition) is 3. The number of benzene rings is 1. The molecule has 3 unspecified atom stereocenters. The third kappa shape index (κ3) is 5.59. The highest BCUT2D eigenvalue weighted by Gasteiger charge is 2.28. The number of hydrogen-bond acceptors (Lipinski definition) is 4. The van der Waals surface area contributed by atoms with Crippen molar-refractivity contribution in [2.45, 2.75) is 70.1 Å². The van der Waals surface area contributed by atoms with Crippen LogP contribution in [0.5, 0.6) is 0 Å². The van der Waals surface area contributed by atoms with Gasteiger partial charge in [0.1, 0.15) is 0 Å². The lowest BCUT2D eigenvalue weighted by Crippen LogP contribution is -2.05. The third-order valence-electron chi connectivity index (χ3n) is 6.68. The molecule has 3 rings (SSSR count). The van der Waals surface area contributed by atoms with E-state index < -0.39 is 0 Å². The lowest BCUT2D eigenvalue weighted by atomic mass is 9.88. The molecule has 1 saturated carbocycles. The molecule has 3 N–H and O–H groups in total. The van der Waals surface area contributed by atoms with Gasteiger partial charge in [-0.15, -0.1) is 11.8 Å². The summed E-state index contributed by atoms with van der Waals surface area (Å²) in [4.78, 5) is 0.985. The van der Waals surface area contributed by atoms with E-state index in [1.165, 1.54) is 18.2 Å². The Balaban J connectivity index is 1.66. The Labute approximate surface area is 190 Å². The number of thioether (sulfide) groups is 1. The summed E-state index contributed by atoms with van der Waals surface area (Å²) in [5.41, 5.74) is 3.75. The van der Waals surface area contributed by atoms with Gasteiger partial charge in [0.2, 0.25) is 0 Å². The van der Waals surface area contributed by atoms with Gasteiger partial charge in [-0.2, -0.15) is 5.10 Å². The highest BCUT2D eigenvalue weighted by Crippen LogP contribution is 2.42. The number of rotatable bonds is 10. The van der Waals surface area contributed by atoms with Crippen molar-refractivity contribution in [1.29, 1.82) is 5.41 Å². The molecule has 1 aromatic carbocycles. The summed E-state index contributed by atoms with van der Waals surface area (Å²) in [5, 5.41) is 18.2. The average Bonchev–Trinajstić information content (AvgIpc) is 3.43. The molecule has 0 aliphatic heterocycles. The van der Waals surface area contributed by atoms with E-state index in [-0.39, 0.29) is 5.82 Å². The Morgan fingerprint density at radius 2 is 2.19 bits per heavy atom. The maximum Gasteiger partial charge on any atom is 0.152 e. The van der Waals surface area contributed by atoms with Crippen LogP contribution in [0.3, 0.4) is 0 Å². The molecule has 1 aliphatic carbocycles. The Bertz CT molecular complexity index is 920. The zero-order chi connectivity index (χ0) is 22.4. The summed E-state index contributed by atoms with van der Waals surface area (Å²) in [6, 6.07) is 5.80. The highest BCUT2D eigenvalue weighted by molar-refractivity contribution is 7.98. The zero-order valence-electron chi connectivity index (χ0n) is 19.1. The predicted octanol–water partition coefficient (Wildman–Crippen LogP) is 7.47. The molecule has 2 aromatic rings. The van der Waals surface area contributed by atoms with Gasteiger partial charge in [0.25, 0.3) is 0 Å². The third-order valence-corrected chi connectivity index (χ3v) is 7.50. The molecule has 1 fully saturated rings. The molecule has 0 amide bonds. The molecule has 0 bridgehead atoms. The minimum Gasteiger partial charge on any atom is -0.336 e. The van der Waals surface area contributed by atoms with E-state index in [4.69, 9.17) is 5.41 Å². The van der Waals surface area contributed by atoms with E-state index in [2.05, 4.69) is 29.4 Å². The Morgan fingerprint density at radius 3 is 2.87 bits per heavy atom. The van der Waals surface area contributed by atoms with Crippen molar-refractivity contribution >= 4 is 29.5 Å². The van der Waals surface area contributed by atoms with Gasteiger partial charge in [0, 0.05) is 34.4 Å². The van der Waals surface area contributed by atoms with E-state index in [1.54, 1.807) is 17.8 Å². The van der Waals surface area contributed by atoms with Crippen LogP contribution in [0.25, 0.3) is 0 Å². The van der Waals surface area contributed by atoms with Gasteiger partial charge >= 0.3 is 0 Å². The van der Waals surface area contributed by atoms with Crippen molar-refractivity contribution in [3.8, 4) is 0 Å². The van der Waals surface area contributed by atoms with Gasteiger partial charge in [-0.1, -0.05) is 26.3 Å². The van der Waals surface area contributed by atoms with Crippen molar-refractivity contribution < 1.29 is 4.39 Å². The van der Waals surface area contributed by atoms with Gasteiger partial charge in [0.05, 0.1) is 5.69 Å². The van der Waals surface area contributed by atoms with Crippen LogP contribution in [0, 0.1) is 23.1 Å². The standard InChI is InChI=1S/C25H35FN4S/c1-5-16(3)18(11-12-27)13-17-7-8-19(14-17)22-15-24(30-29-22)28-21-9-10-23(31-4)20(6-2)25(21)26/h9-12,15-17,19,27H,5-8,13-14H2,1-4H3,(H2,28,29,30)/b18-11-,27-12?. The second kappa shape index (κ2) is 11.0. The Kier molecular flexibility index (Phi) is 8.35. The first-order valence-corrected chi connectivity index (χ1v) is 12.6. The van der Waals surface area contributed by atoms with Crippen LogP contribution in [-0.2, 0) is 6.42 Å². The molecular weight excluding hydrogens is 407 g/mol. The van der Waals surface area contributed by atoms with Crippen molar-refractivity contribution in [3.63, 3.8) is 0 Å². The van der Waals surface area contributed by atoms with Crippen LogP contribution in [0.4, 0.5) is 15.9 Å². The van der Waals surface area contributed by atoms with Crippen LogP contribution < -0.4 is 5.32 Å². The maximum absolute atomic E-state index is 14.9. The molecule has 3 atom stereocenters. The van der Waals surface area contributed by atoms with Gasteiger partial charge in [0.15, 0.2) is 11.6 Å². The number of anilines is 2. The molecule has 6 heteroatoms. The van der Waals surface area contributed by atoms with Crippen LogP contribution in [0.2, 0.25) is 0 Å². The summed E-state index contributed by atoms with van der Waals surface area (Å²) < 4.78 is 14.9. The van der Waals surface area contributed by atoms with Crippen molar-refractivity contribution in [2.75, 3.05) is 11.6 Å². The van der Waals surface area contributed by atoms with Crippen LogP contribution in [-0.4, -0.2) is 22.7 Å². The number of H-pyrrole nitrogens is 1. The molecule has 1 aromatic heterocycles. The first-order chi connectivity index (χ1) is 15.0. The molecule has 0 spiro atoms. The van der Waals surface area contributed by atoms with E-state index in [0.29, 0.717) is 35.7 Å². The minimum absolute atomic E-state index is 0.185. The number of aromatic nitrogens is 2. The predicted molar refractivity (Wildman–Crippen MR) is 130 cm³/mol. The molecule has 4 nitrogen and oxygen atoms in total. The Morgan fingerprint density at radius 1 is 1.39 bits per heavy atom. The lowest BCUT2D eigenvalue weighted by Gasteiger charge is -2.18. The van der Waals surface area contributed by atoms with Gasteiger partial charge in [-0.05, 0) is 74.8 Å². The molecule has 168 valence electrons. The topological polar surface area (TPSA) is 64.6 Å². The first-order valence-electron chi connectivity index (χ1n) is 11.4. The smallest absolute Gasteiger partial charge is 0.152 e. The summed E-state index contributed by atoms with van der Waals surface area (Å²) in [5.74, 6) is 2.12. The van der Waals surface area contributed by atoms with E-state index in [1.807, 2.05) is 31.4 Å². The maximum atomic E-state index is 14.9. The Hall–Kier alpha value is -2.08. The van der Waals surface area contributed by atoms with E-state index in [0.717, 1.165) is 41.8 Å². The van der Waals surface area contributed by atoms with Crippen molar-refractivity contribution in [3.05, 3.63) is 46.9 Å². The molecule has 1 aliphatic rings. The summed E-state index contributed by atoms with van der Waals surface area (Å²) in [6.45, 7) is 6.44. The number of allylic oxidation sites excluding steroid dienone is 2. The molecule has 31 heavy (non-hydrogen) atoms. The van der Waals surface area contributed by atoms with Gasteiger partial charge in [-0.3, -0.25) is 5.10 Å². The van der Waals surface area contributed by atoms with Gasteiger partial charge < -0.3 is 10.7 Å². The first kappa shape index (κ1) is 23.6. The lowest BCUT2D eigenvalue weighted by molar-refractivity contribution is 0.492. The zero-order valence-corrected chi connectivity index (χ0v) is 19.9. The van der Waals surface area contributed by atoms with Crippen LogP contribution in [0.1, 0.15) is 70.1 Å². The second-order valence-electron chi connectivity index (χ2n) is 8.59. The average molecular weight is 443 g/mol. The van der Waals surface area contributed by atoms with E-state index in [9.17, 15) is 4.39 Å². The summed E-state index contributed by atoms with van der Waals surface area (Å²) in [6.07, 6.45) is 11.7. The molecule has 0 radical (unpaired) electrons. The molecular formula is C25H35FN4S. The fraction of sp³-hybridized carbons (Fsp3) is 0.520. The molecule has 1 heterocycles. The van der Waals surface area contributed by atoms with E-state index >= 15 is 0 Å². The highest BCUT2D eigenvalue weighted by atomic mass is 32.2. The number of nitrogens with zero attached hydrogens (tertiary/aromatic N) is 1. The fourth-order valence-corrected chi connectivity index (χ4v) is 5.33. The monoisotopic (exact) mass is 442 g/mol. The van der Waals surface area contributed by atoms with Gasteiger partial charge in [-0.25, -0.2) is 4.39 Å². The number of halogens is 1. The number of aromatic amines is 1. The normalized spacial score (nSPS) is 20.1. The SMILES string of the molecule is CCc1c(SC)ccc(Nc2cc(C3CCC(C/C(=C/C=N)C(C)CC)C3)[nH]n2)c1F. The van der Waals surface area contributed by atoms with Crippen LogP contribution in [0.15, 0.2) is 34.7 Å². The largest absolute Gasteiger partial charge is 0.336 e. The minimum atomic E-state index is -0.185. The quantitative estimate of drug-likeness (QED) is 0.264. The summed E-state index contributed by atoms with van der Waals surface area (Å²) >= 11 is 1.57. The number of nitrogens with one attached hydrogen (secondary N) is 3. The fourth-order valence-electron chi connectivity index (χ4n) is 4.65. The van der Waals surface area contributed by atoms with Crippen molar-refractivity contribution in [1.82, 2.24) is 10.2 Å². The van der Waals surface area contributed by atoms with Crippen LogP contribution >= 0.6 is 11.8 Å². The summed E-state index contributed by atoms with van der Waals surface area (Å²) in [7, 11) is 0. The second-order valence-corrected chi connectivity index (χ2v) is 9.44.